The third-order valence-electron chi connectivity index (χ3n) is 6.16. The van der Waals surface area contributed by atoms with Crippen LogP contribution in [0.3, 0.4) is 0 Å². The van der Waals surface area contributed by atoms with Gasteiger partial charge in [-0.25, -0.2) is 8.42 Å². The highest BCUT2D eigenvalue weighted by atomic mass is 32.2. The zero-order valence-corrected chi connectivity index (χ0v) is 21.1. The van der Waals surface area contributed by atoms with Crippen molar-refractivity contribution in [3.63, 3.8) is 0 Å². The minimum absolute atomic E-state index is 0.218. The highest BCUT2D eigenvalue weighted by Gasteiger charge is 2.36. The maximum absolute atomic E-state index is 13.1. The van der Waals surface area contributed by atoms with Crippen LogP contribution in [-0.2, 0) is 19.6 Å². The predicted molar refractivity (Wildman–Crippen MR) is 132 cm³/mol. The fourth-order valence-electron chi connectivity index (χ4n) is 4.06. The summed E-state index contributed by atoms with van der Waals surface area (Å²) in [4.78, 5) is 26.1. The van der Waals surface area contributed by atoms with Crippen LogP contribution >= 0.6 is 0 Å². The highest BCUT2D eigenvalue weighted by molar-refractivity contribution is 7.89. The molecule has 0 spiro atoms. The Labute approximate surface area is 206 Å². The van der Waals surface area contributed by atoms with Crippen molar-refractivity contribution in [1.29, 1.82) is 0 Å². The van der Waals surface area contributed by atoms with Crippen LogP contribution in [0.4, 0.5) is 0 Å². The molecule has 2 amide bonds. The highest BCUT2D eigenvalue weighted by Crippen LogP contribution is 2.26. The summed E-state index contributed by atoms with van der Waals surface area (Å²) < 4.78 is 37.7. The monoisotopic (exact) mass is 503 g/mol. The van der Waals surface area contributed by atoms with E-state index in [1.165, 1.54) is 4.31 Å². The van der Waals surface area contributed by atoms with Crippen molar-refractivity contribution in [3.05, 3.63) is 59.7 Å². The molecule has 0 radical (unpaired) electrons. The lowest BCUT2D eigenvalue weighted by molar-refractivity contribution is -0.124. The van der Waals surface area contributed by atoms with Gasteiger partial charge in [-0.15, -0.1) is 0 Å². The molecule has 1 aliphatic heterocycles. The minimum atomic E-state index is -3.62. The number of hydrogen-bond acceptors (Lipinski definition) is 6. The lowest BCUT2D eigenvalue weighted by atomic mass is 9.89. The van der Waals surface area contributed by atoms with Gasteiger partial charge < -0.3 is 20.1 Å². The molecular formula is C25H33N3O6S. The number of hydrogen-bond donors (Lipinski definition) is 2. The van der Waals surface area contributed by atoms with Crippen molar-refractivity contribution in [3.8, 4) is 5.75 Å². The molecule has 0 aliphatic carbocycles. The van der Waals surface area contributed by atoms with Gasteiger partial charge in [0.15, 0.2) is 0 Å². The fourth-order valence-corrected chi connectivity index (χ4v) is 5.53. The van der Waals surface area contributed by atoms with Crippen LogP contribution in [0.1, 0.15) is 28.8 Å². The number of rotatable bonds is 10. The first-order chi connectivity index (χ1) is 16.8. The Bertz CT molecular complexity index is 1100. The molecule has 0 bridgehead atoms. The molecule has 0 unspecified atom stereocenters. The molecule has 3 rings (SSSR count). The molecule has 2 aromatic carbocycles. The number of amides is 2. The van der Waals surface area contributed by atoms with Gasteiger partial charge in [0.05, 0.1) is 18.6 Å². The van der Waals surface area contributed by atoms with E-state index in [2.05, 4.69) is 10.6 Å². The van der Waals surface area contributed by atoms with Crippen LogP contribution in [0, 0.1) is 12.8 Å². The number of benzene rings is 2. The van der Waals surface area contributed by atoms with Gasteiger partial charge in [-0.2, -0.15) is 4.31 Å². The molecule has 1 atom stereocenters. The molecule has 1 heterocycles. The Morgan fingerprint density at radius 1 is 1.03 bits per heavy atom. The molecule has 10 heteroatoms. The molecule has 2 N–H and O–H groups in total. The second-order valence-electron chi connectivity index (χ2n) is 8.52. The maximum Gasteiger partial charge on any atom is 0.251 e. The molecule has 190 valence electrons. The van der Waals surface area contributed by atoms with Gasteiger partial charge in [0.25, 0.3) is 5.91 Å². The van der Waals surface area contributed by atoms with Crippen LogP contribution < -0.4 is 15.4 Å². The Balaban J connectivity index is 1.71. The summed E-state index contributed by atoms with van der Waals surface area (Å²) in [6.45, 7) is 3.09. The van der Waals surface area contributed by atoms with Crippen molar-refractivity contribution >= 4 is 21.8 Å². The smallest absolute Gasteiger partial charge is 0.251 e. The Morgan fingerprint density at radius 3 is 2.23 bits per heavy atom. The number of ether oxygens (including phenoxy) is 2. The SMILES string of the molecule is COCCNC(=O)[C@@H](NC(=O)c1ccc(OC)cc1)C1CCN(S(=O)(=O)c2ccc(C)cc2)CC1. The fraction of sp³-hybridized carbons (Fsp3) is 0.440. The Morgan fingerprint density at radius 2 is 1.66 bits per heavy atom. The minimum Gasteiger partial charge on any atom is -0.497 e. The number of carbonyl (C=O) groups excluding carboxylic acids is 2. The number of piperidine rings is 1. The summed E-state index contributed by atoms with van der Waals surface area (Å²) in [7, 11) is -0.538. The van der Waals surface area contributed by atoms with Crippen LogP contribution in [-0.4, -0.2) is 71.0 Å². The van der Waals surface area contributed by atoms with Gasteiger partial charge in [-0.05, 0) is 62.1 Å². The van der Waals surface area contributed by atoms with Gasteiger partial charge in [-0.1, -0.05) is 17.7 Å². The van der Waals surface area contributed by atoms with E-state index < -0.39 is 16.1 Å². The Hall–Kier alpha value is -2.95. The maximum atomic E-state index is 13.1. The Kier molecular flexibility index (Phi) is 9.25. The second-order valence-corrected chi connectivity index (χ2v) is 10.5. The van der Waals surface area contributed by atoms with Crippen molar-refractivity contribution in [2.24, 2.45) is 5.92 Å². The van der Waals surface area contributed by atoms with Gasteiger partial charge >= 0.3 is 0 Å². The third kappa shape index (κ3) is 6.81. The predicted octanol–water partition coefficient (Wildman–Crippen LogP) is 1.97. The van der Waals surface area contributed by atoms with E-state index in [1.54, 1.807) is 62.8 Å². The molecule has 2 aromatic rings. The quantitative estimate of drug-likeness (QED) is 0.479. The molecule has 1 saturated heterocycles. The molecular weight excluding hydrogens is 470 g/mol. The number of sulfonamides is 1. The molecule has 9 nitrogen and oxygen atoms in total. The summed E-state index contributed by atoms with van der Waals surface area (Å²) in [5.41, 5.74) is 1.39. The first kappa shape index (κ1) is 26.7. The molecule has 1 aliphatic rings. The van der Waals surface area contributed by atoms with E-state index >= 15 is 0 Å². The van der Waals surface area contributed by atoms with Crippen molar-refractivity contribution in [2.45, 2.75) is 30.7 Å². The third-order valence-corrected chi connectivity index (χ3v) is 8.07. The summed E-state index contributed by atoms with van der Waals surface area (Å²) >= 11 is 0. The molecule has 0 saturated carbocycles. The number of carbonyl (C=O) groups is 2. The van der Waals surface area contributed by atoms with Crippen molar-refractivity contribution in [1.82, 2.24) is 14.9 Å². The number of methoxy groups -OCH3 is 2. The van der Waals surface area contributed by atoms with Gasteiger partial charge in [0.2, 0.25) is 15.9 Å². The molecule has 1 fully saturated rings. The summed E-state index contributed by atoms with van der Waals surface area (Å²) in [5, 5.41) is 5.66. The van der Waals surface area contributed by atoms with Crippen LogP contribution in [0.15, 0.2) is 53.4 Å². The van der Waals surface area contributed by atoms with E-state index in [0.29, 0.717) is 37.3 Å². The molecule has 35 heavy (non-hydrogen) atoms. The van der Waals surface area contributed by atoms with Gasteiger partial charge in [-0.3, -0.25) is 9.59 Å². The summed E-state index contributed by atoms with van der Waals surface area (Å²) in [5.74, 6) is -0.292. The van der Waals surface area contributed by atoms with Gasteiger partial charge in [0.1, 0.15) is 11.8 Å². The average molecular weight is 504 g/mol. The standard InChI is InChI=1S/C25H33N3O6S/c1-18-4-10-22(11-5-18)35(31,32)28-15-12-19(13-16-28)23(25(30)26-14-17-33-2)27-24(29)20-6-8-21(34-3)9-7-20/h4-11,19,23H,12-17H2,1-3H3,(H,26,30)(H,27,29)/t23-/m0/s1. The zero-order chi connectivity index (χ0) is 25.4. The number of nitrogens with zero attached hydrogens (tertiary/aromatic N) is 1. The van der Waals surface area contributed by atoms with Crippen LogP contribution in [0.2, 0.25) is 0 Å². The van der Waals surface area contributed by atoms with E-state index in [-0.39, 0.29) is 35.7 Å². The first-order valence-electron chi connectivity index (χ1n) is 11.5. The summed E-state index contributed by atoms with van der Waals surface area (Å²) in [6, 6.07) is 12.6. The van der Waals surface area contributed by atoms with E-state index in [4.69, 9.17) is 9.47 Å². The normalized spacial score (nSPS) is 15.9. The molecule has 0 aromatic heterocycles. The van der Waals surface area contributed by atoms with E-state index in [0.717, 1.165) is 5.56 Å². The van der Waals surface area contributed by atoms with E-state index in [9.17, 15) is 18.0 Å². The van der Waals surface area contributed by atoms with Crippen molar-refractivity contribution in [2.75, 3.05) is 40.5 Å². The lowest BCUT2D eigenvalue weighted by Gasteiger charge is -2.35. The zero-order valence-electron chi connectivity index (χ0n) is 20.3. The van der Waals surface area contributed by atoms with Gasteiger partial charge in [0, 0.05) is 32.3 Å². The van der Waals surface area contributed by atoms with Crippen molar-refractivity contribution < 1.29 is 27.5 Å². The lowest BCUT2D eigenvalue weighted by Crippen LogP contribution is -2.54. The average Bonchev–Trinajstić information content (AvgIpc) is 2.87. The number of nitrogens with one attached hydrogen (secondary N) is 2. The summed E-state index contributed by atoms with van der Waals surface area (Å²) in [6.07, 6.45) is 0.882. The first-order valence-corrected chi connectivity index (χ1v) is 13.0. The van der Waals surface area contributed by atoms with Crippen LogP contribution in [0.25, 0.3) is 0 Å². The van der Waals surface area contributed by atoms with E-state index in [1.807, 2.05) is 6.92 Å². The second kappa shape index (κ2) is 12.1. The largest absolute Gasteiger partial charge is 0.497 e. The topological polar surface area (TPSA) is 114 Å². The number of aryl methyl sites for hydroxylation is 1. The van der Waals surface area contributed by atoms with Crippen LogP contribution in [0.5, 0.6) is 5.75 Å².